The Morgan fingerprint density at radius 3 is 2.77 bits per heavy atom. The summed E-state index contributed by atoms with van der Waals surface area (Å²) in [5.74, 6) is 0.922. The Kier molecular flexibility index (Phi) is 4.88. The highest BCUT2D eigenvalue weighted by molar-refractivity contribution is 5.75. The van der Waals surface area contributed by atoms with Crippen molar-refractivity contribution in [1.82, 2.24) is 15.1 Å². The Balaban J connectivity index is 1.45. The van der Waals surface area contributed by atoms with Crippen LogP contribution in [0.5, 0.6) is 0 Å². The van der Waals surface area contributed by atoms with Crippen molar-refractivity contribution in [2.45, 2.75) is 45.1 Å². The molecule has 1 aromatic carbocycles. The summed E-state index contributed by atoms with van der Waals surface area (Å²) in [4.78, 5) is 11.9. The lowest BCUT2D eigenvalue weighted by atomic mass is 10.0. The number of para-hydroxylation sites is 1. The first kappa shape index (κ1) is 14.8. The van der Waals surface area contributed by atoms with Gasteiger partial charge in [-0.3, -0.25) is 4.79 Å². The van der Waals surface area contributed by atoms with E-state index in [4.69, 9.17) is 0 Å². The molecule has 1 amide bonds. The Labute approximate surface area is 131 Å². The van der Waals surface area contributed by atoms with E-state index in [1.807, 2.05) is 47.4 Å². The third-order valence-electron chi connectivity index (χ3n) is 4.40. The molecule has 4 heteroatoms. The molecule has 22 heavy (non-hydrogen) atoms. The largest absolute Gasteiger partial charge is 0.352 e. The lowest BCUT2D eigenvalue weighted by molar-refractivity contribution is -0.121. The molecule has 2 aromatic rings. The molecule has 1 aliphatic carbocycles. The van der Waals surface area contributed by atoms with E-state index in [9.17, 15) is 4.79 Å². The standard InChI is InChI=1S/C18H23N3O/c22-18(11-10-15-6-4-5-7-15)19-12-16-13-20-21(14-16)17-8-2-1-3-9-17/h1-3,8-9,13-15H,4-7,10-12H2,(H,19,22). The molecule has 0 unspecified atom stereocenters. The van der Waals surface area contributed by atoms with Crippen LogP contribution in [0, 0.1) is 5.92 Å². The van der Waals surface area contributed by atoms with Crippen LogP contribution in [0.25, 0.3) is 5.69 Å². The fourth-order valence-electron chi connectivity index (χ4n) is 3.10. The van der Waals surface area contributed by atoms with Gasteiger partial charge in [-0.2, -0.15) is 5.10 Å². The number of amides is 1. The van der Waals surface area contributed by atoms with Gasteiger partial charge in [-0.1, -0.05) is 43.9 Å². The van der Waals surface area contributed by atoms with Gasteiger partial charge in [0.25, 0.3) is 0 Å². The van der Waals surface area contributed by atoms with E-state index in [2.05, 4.69) is 10.4 Å². The number of nitrogens with one attached hydrogen (secondary N) is 1. The summed E-state index contributed by atoms with van der Waals surface area (Å²) in [6.07, 6.45) is 10.7. The van der Waals surface area contributed by atoms with Crippen molar-refractivity contribution < 1.29 is 4.79 Å². The molecular weight excluding hydrogens is 274 g/mol. The minimum absolute atomic E-state index is 0.152. The van der Waals surface area contributed by atoms with Crippen LogP contribution in [-0.2, 0) is 11.3 Å². The predicted molar refractivity (Wildman–Crippen MR) is 86.6 cm³/mol. The second-order valence-electron chi connectivity index (χ2n) is 6.09. The lowest BCUT2D eigenvalue weighted by Crippen LogP contribution is -2.22. The molecule has 1 fully saturated rings. The van der Waals surface area contributed by atoms with Gasteiger partial charge in [-0.05, 0) is 24.5 Å². The number of aromatic nitrogens is 2. The van der Waals surface area contributed by atoms with Crippen molar-refractivity contribution in [3.8, 4) is 5.69 Å². The first-order valence-corrected chi connectivity index (χ1v) is 8.17. The molecule has 1 aromatic heterocycles. The van der Waals surface area contributed by atoms with E-state index >= 15 is 0 Å². The van der Waals surface area contributed by atoms with E-state index in [1.54, 1.807) is 0 Å². The Morgan fingerprint density at radius 1 is 1.23 bits per heavy atom. The van der Waals surface area contributed by atoms with Crippen LogP contribution in [0.4, 0.5) is 0 Å². The maximum atomic E-state index is 11.9. The van der Waals surface area contributed by atoms with E-state index in [0.717, 1.165) is 23.6 Å². The van der Waals surface area contributed by atoms with Gasteiger partial charge < -0.3 is 5.32 Å². The van der Waals surface area contributed by atoms with Crippen LogP contribution in [0.15, 0.2) is 42.7 Å². The monoisotopic (exact) mass is 297 g/mol. The average molecular weight is 297 g/mol. The number of carbonyl (C=O) groups is 1. The molecule has 1 heterocycles. The van der Waals surface area contributed by atoms with Crippen LogP contribution in [-0.4, -0.2) is 15.7 Å². The lowest BCUT2D eigenvalue weighted by Gasteiger charge is -2.08. The van der Waals surface area contributed by atoms with Gasteiger partial charge in [-0.25, -0.2) is 4.68 Å². The van der Waals surface area contributed by atoms with E-state index in [1.165, 1.54) is 25.7 Å². The summed E-state index contributed by atoms with van der Waals surface area (Å²) < 4.78 is 1.83. The van der Waals surface area contributed by atoms with Crippen molar-refractivity contribution in [1.29, 1.82) is 0 Å². The Morgan fingerprint density at radius 2 is 2.00 bits per heavy atom. The minimum atomic E-state index is 0.152. The van der Waals surface area contributed by atoms with Crippen molar-refractivity contribution in [3.05, 3.63) is 48.3 Å². The van der Waals surface area contributed by atoms with Crippen molar-refractivity contribution >= 4 is 5.91 Å². The number of nitrogens with zero attached hydrogens (tertiary/aromatic N) is 2. The first-order valence-electron chi connectivity index (χ1n) is 8.17. The van der Waals surface area contributed by atoms with Crippen LogP contribution in [0.2, 0.25) is 0 Å². The molecule has 1 saturated carbocycles. The summed E-state index contributed by atoms with van der Waals surface area (Å²) in [7, 11) is 0. The number of hydrogen-bond donors (Lipinski definition) is 1. The highest BCUT2D eigenvalue weighted by Crippen LogP contribution is 2.28. The van der Waals surface area contributed by atoms with Gasteiger partial charge in [-0.15, -0.1) is 0 Å². The van der Waals surface area contributed by atoms with Gasteiger partial charge in [0.05, 0.1) is 11.9 Å². The number of carbonyl (C=O) groups excluding carboxylic acids is 1. The zero-order valence-corrected chi connectivity index (χ0v) is 12.9. The molecule has 0 atom stereocenters. The topological polar surface area (TPSA) is 46.9 Å². The zero-order chi connectivity index (χ0) is 15.2. The van der Waals surface area contributed by atoms with Crippen LogP contribution >= 0.6 is 0 Å². The normalized spacial score (nSPS) is 15.1. The highest BCUT2D eigenvalue weighted by Gasteiger charge is 2.16. The van der Waals surface area contributed by atoms with Crippen LogP contribution in [0.3, 0.4) is 0 Å². The molecule has 116 valence electrons. The second kappa shape index (κ2) is 7.25. The van der Waals surface area contributed by atoms with Crippen LogP contribution in [0.1, 0.15) is 44.1 Å². The van der Waals surface area contributed by atoms with E-state index < -0.39 is 0 Å². The molecule has 0 radical (unpaired) electrons. The summed E-state index contributed by atoms with van der Waals surface area (Å²) in [6, 6.07) is 9.98. The third kappa shape index (κ3) is 3.97. The Hall–Kier alpha value is -2.10. The van der Waals surface area contributed by atoms with Gasteiger partial charge in [0.15, 0.2) is 0 Å². The van der Waals surface area contributed by atoms with Gasteiger partial charge in [0, 0.05) is 24.7 Å². The molecule has 0 bridgehead atoms. The first-order chi connectivity index (χ1) is 10.8. The molecular formula is C18H23N3O. The molecule has 4 nitrogen and oxygen atoms in total. The smallest absolute Gasteiger partial charge is 0.220 e. The quantitative estimate of drug-likeness (QED) is 0.887. The predicted octanol–water partition coefficient (Wildman–Crippen LogP) is 3.46. The summed E-state index contributed by atoms with van der Waals surface area (Å²) in [6.45, 7) is 0.552. The highest BCUT2D eigenvalue weighted by atomic mass is 16.1. The summed E-state index contributed by atoms with van der Waals surface area (Å²) in [5.41, 5.74) is 2.05. The van der Waals surface area contributed by atoms with Gasteiger partial charge in [0.1, 0.15) is 0 Å². The van der Waals surface area contributed by atoms with Gasteiger partial charge >= 0.3 is 0 Å². The number of hydrogen-bond acceptors (Lipinski definition) is 2. The second-order valence-corrected chi connectivity index (χ2v) is 6.09. The average Bonchev–Trinajstić information content (AvgIpc) is 3.23. The fraction of sp³-hybridized carbons (Fsp3) is 0.444. The minimum Gasteiger partial charge on any atom is -0.352 e. The molecule has 1 N–H and O–H groups in total. The van der Waals surface area contributed by atoms with Gasteiger partial charge in [0.2, 0.25) is 5.91 Å². The van der Waals surface area contributed by atoms with Crippen molar-refractivity contribution in [2.24, 2.45) is 5.92 Å². The molecule has 0 spiro atoms. The SMILES string of the molecule is O=C(CCC1CCCC1)NCc1cnn(-c2ccccc2)c1. The molecule has 3 rings (SSSR count). The third-order valence-corrected chi connectivity index (χ3v) is 4.40. The zero-order valence-electron chi connectivity index (χ0n) is 12.9. The summed E-state index contributed by atoms with van der Waals surface area (Å²) in [5, 5.41) is 7.33. The van der Waals surface area contributed by atoms with Crippen LogP contribution < -0.4 is 5.32 Å². The molecule has 0 saturated heterocycles. The molecule has 0 aliphatic heterocycles. The maximum Gasteiger partial charge on any atom is 0.220 e. The van der Waals surface area contributed by atoms with E-state index in [-0.39, 0.29) is 5.91 Å². The van der Waals surface area contributed by atoms with E-state index in [0.29, 0.717) is 13.0 Å². The maximum absolute atomic E-state index is 11.9. The van der Waals surface area contributed by atoms with Crippen molar-refractivity contribution in [3.63, 3.8) is 0 Å². The molecule has 1 aliphatic rings. The number of rotatable bonds is 6. The Bertz CT molecular complexity index is 600. The van der Waals surface area contributed by atoms with Crippen molar-refractivity contribution in [2.75, 3.05) is 0 Å². The fourth-order valence-corrected chi connectivity index (χ4v) is 3.10. The summed E-state index contributed by atoms with van der Waals surface area (Å²) >= 11 is 0. The number of benzene rings is 1.